The lowest BCUT2D eigenvalue weighted by Crippen LogP contribution is -2.22. The van der Waals surface area contributed by atoms with Gasteiger partial charge in [-0.1, -0.05) is 12.1 Å². The summed E-state index contributed by atoms with van der Waals surface area (Å²) in [4.78, 5) is 16.7. The average molecular weight is 557 g/mol. The Labute approximate surface area is 225 Å². The van der Waals surface area contributed by atoms with Crippen molar-refractivity contribution in [2.24, 2.45) is 11.7 Å². The van der Waals surface area contributed by atoms with Crippen LogP contribution >= 0.6 is 11.3 Å². The molecular weight excluding hydrogens is 532 g/mol. The molecule has 0 saturated heterocycles. The minimum Gasteiger partial charge on any atom is -0.494 e. The Bertz CT molecular complexity index is 1610. The van der Waals surface area contributed by atoms with Crippen LogP contribution in [0.3, 0.4) is 0 Å². The fourth-order valence-corrected chi connectivity index (χ4v) is 5.62. The van der Waals surface area contributed by atoms with Gasteiger partial charge in [0.15, 0.2) is 22.1 Å². The standard InChI is InChI=1S/C28H24F4N4O2S/c1-38-22-13-16(6-7-21(22)29)23(15-4-5-15)24-18(14-36-9-10-39-27(36)34)11-17(12-20(24)26(33)37)19-3-2-8-35-25(19)28(30,31)32/h2-3,6-13,15,23,34H,4-5,14H2,1H3,(H2,33,37)/t23-/m0/s1. The Morgan fingerprint density at radius 2 is 2.03 bits per heavy atom. The van der Waals surface area contributed by atoms with Crippen molar-refractivity contribution in [3.8, 4) is 16.9 Å². The summed E-state index contributed by atoms with van der Waals surface area (Å²) >= 11 is 1.20. The number of pyridine rings is 1. The number of carbonyl (C=O) groups excluding carboxylic acids is 1. The highest BCUT2D eigenvalue weighted by molar-refractivity contribution is 7.06. The molecule has 2 aromatic carbocycles. The molecule has 0 spiro atoms. The first kappa shape index (κ1) is 26.6. The molecule has 3 N–H and O–H groups in total. The number of primary amides is 1. The lowest BCUT2D eigenvalue weighted by molar-refractivity contribution is -0.140. The Hall–Kier alpha value is -3.99. The number of alkyl halides is 3. The predicted molar refractivity (Wildman–Crippen MR) is 138 cm³/mol. The number of nitrogens with two attached hydrogens (primary N) is 1. The van der Waals surface area contributed by atoms with E-state index in [2.05, 4.69) is 4.98 Å². The summed E-state index contributed by atoms with van der Waals surface area (Å²) in [5.74, 6) is -1.58. The van der Waals surface area contributed by atoms with Gasteiger partial charge in [-0.15, -0.1) is 11.3 Å². The number of halogens is 4. The normalized spacial score (nSPS) is 14.3. The fourth-order valence-electron chi connectivity index (χ4n) is 5.02. The van der Waals surface area contributed by atoms with Gasteiger partial charge in [0.2, 0.25) is 5.91 Å². The molecule has 1 fully saturated rings. The molecule has 1 amide bonds. The number of amides is 1. The Balaban J connectivity index is 1.79. The second-order valence-electron chi connectivity index (χ2n) is 9.40. The van der Waals surface area contributed by atoms with Crippen LogP contribution in [0.1, 0.15) is 51.5 Å². The Kier molecular flexibility index (Phi) is 7.02. The quantitative estimate of drug-likeness (QED) is 0.263. The van der Waals surface area contributed by atoms with Crippen molar-refractivity contribution in [2.75, 3.05) is 7.11 Å². The zero-order chi connectivity index (χ0) is 27.9. The fraction of sp³-hybridized carbons (Fsp3) is 0.250. The van der Waals surface area contributed by atoms with Gasteiger partial charge in [-0.25, -0.2) is 4.39 Å². The minimum atomic E-state index is -4.72. The van der Waals surface area contributed by atoms with E-state index in [0.717, 1.165) is 19.0 Å². The number of rotatable bonds is 8. The predicted octanol–water partition coefficient (Wildman–Crippen LogP) is 5.95. The second kappa shape index (κ2) is 10.3. The van der Waals surface area contributed by atoms with Gasteiger partial charge in [0.05, 0.1) is 13.7 Å². The van der Waals surface area contributed by atoms with E-state index in [1.165, 1.54) is 42.7 Å². The summed E-state index contributed by atoms with van der Waals surface area (Å²) in [6, 6.07) is 10.2. The average Bonchev–Trinajstić information content (AvgIpc) is 3.66. The van der Waals surface area contributed by atoms with Crippen molar-refractivity contribution in [3.05, 3.63) is 98.8 Å². The Morgan fingerprint density at radius 1 is 1.26 bits per heavy atom. The van der Waals surface area contributed by atoms with Crippen LogP contribution in [0.2, 0.25) is 0 Å². The van der Waals surface area contributed by atoms with E-state index in [-0.39, 0.29) is 39.7 Å². The summed E-state index contributed by atoms with van der Waals surface area (Å²) in [5, 5.41) is 9.99. The molecule has 11 heteroatoms. The van der Waals surface area contributed by atoms with Gasteiger partial charge >= 0.3 is 6.18 Å². The lowest BCUT2D eigenvalue weighted by atomic mass is 9.80. The molecule has 1 aliphatic carbocycles. The number of nitrogens with one attached hydrogen (secondary N) is 1. The van der Waals surface area contributed by atoms with E-state index in [9.17, 15) is 22.4 Å². The number of ether oxygens (including phenoxy) is 1. The van der Waals surface area contributed by atoms with Gasteiger partial charge in [-0.3, -0.25) is 15.2 Å². The number of carbonyl (C=O) groups is 1. The van der Waals surface area contributed by atoms with Crippen molar-refractivity contribution >= 4 is 17.2 Å². The van der Waals surface area contributed by atoms with Crippen molar-refractivity contribution in [2.45, 2.75) is 31.5 Å². The van der Waals surface area contributed by atoms with E-state index in [1.807, 2.05) is 0 Å². The van der Waals surface area contributed by atoms with Crippen molar-refractivity contribution < 1.29 is 27.1 Å². The number of hydrogen-bond donors (Lipinski definition) is 2. The van der Waals surface area contributed by atoms with E-state index >= 15 is 0 Å². The van der Waals surface area contributed by atoms with Crippen molar-refractivity contribution in [1.82, 2.24) is 9.55 Å². The zero-order valence-corrected chi connectivity index (χ0v) is 21.6. The maximum absolute atomic E-state index is 14.3. The van der Waals surface area contributed by atoms with E-state index < -0.39 is 29.5 Å². The summed E-state index contributed by atoms with van der Waals surface area (Å²) in [6.45, 7) is 0.120. The third-order valence-corrected chi connectivity index (χ3v) is 7.59. The number of hydrogen-bond acceptors (Lipinski definition) is 5. The maximum Gasteiger partial charge on any atom is 0.433 e. The van der Waals surface area contributed by atoms with Crippen LogP contribution in [-0.2, 0) is 12.7 Å². The zero-order valence-electron chi connectivity index (χ0n) is 20.8. The van der Waals surface area contributed by atoms with Gasteiger partial charge in [0.25, 0.3) is 0 Å². The Morgan fingerprint density at radius 3 is 2.64 bits per heavy atom. The SMILES string of the molecule is COc1cc([C@@H](c2c(Cn3ccsc3=N)cc(-c3cccnc3C(F)(F)F)cc2C(N)=O)C2CC2)ccc1F. The molecule has 0 bridgehead atoms. The molecule has 4 aromatic rings. The van der Waals surface area contributed by atoms with Crippen LogP contribution in [0.25, 0.3) is 11.1 Å². The lowest BCUT2D eigenvalue weighted by Gasteiger charge is -2.25. The highest BCUT2D eigenvalue weighted by Crippen LogP contribution is 2.50. The first-order valence-corrected chi connectivity index (χ1v) is 13.0. The van der Waals surface area contributed by atoms with Crippen LogP contribution in [0.4, 0.5) is 17.6 Å². The second-order valence-corrected chi connectivity index (χ2v) is 10.3. The van der Waals surface area contributed by atoms with Crippen LogP contribution in [0, 0.1) is 17.1 Å². The summed E-state index contributed by atoms with van der Waals surface area (Å²) in [6.07, 6.45) is -0.263. The van der Waals surface area contributed by atoms with Gasteiger partial charge in [-0.2, -0.15) is 13.2 Å². The summed E-state index contributed by atoms with van der Waals surface area (Å²) in [7, 11) is 1.36. The topological polar surface area (TPSA) is 94.0 Å². The summed E-state index contributed by atoms with van der Waals surface area (Å²) < 4.78 is 62.7. The molecule has 39 heavy (non-hydrogen) atoms. The van der Waals surface area contributed by atoms with E-state index in [1.54, 1.807) is 34.3 Å². The molecule has 2 aromatic heterocycles. The monoisotopic (exact) mass is 556 g/mol. The first-order valence-electron chi connectivity index (χ1n) is 12.1. The smallest absolute Gasteiger partial charge is 0.433 e. The molecule has 5 rings (SSSR count). The van der Waals surface area contributed by atoms with E-state index in [4.69, 9.17) is 15.9 Å². The molecule has 0 radical (unpaired) electrons. The first-order chi connectivity index (χ1) is 18.6. The summed E-state index contributed by atoms with van der Waals surface area (Å²) in [5.41, 5.74) is 6.60. The highest BCUT2D eigenvalue weighted by Gasteiger charge is 2.39. The van der Waals surface area contributed by atoms with Crippen LogP contribution in [0.15, 0.2) is 60.2 Å². The third kappa shape index (κ3) is 5.31. The largest absolute Gasteiger partial charge is 0.494 e. The van der Waals surface area contributed by atoms with Gasteiger partial charge in [0, 0.05) is 34.8 Å². The molecule has 1 atom stereocenters. The van der Waals surface area contributed by atoms with E-state index in [0.29, 0.717) is 16.7 Å². The van der Waals surface area contributed by atoms with Crippen LogP contribution < -0.4 is 15.3 Å². The molecule has 202 valence electrons. The van der Waals surface area contributed by atoms with Crippen molar-refractivity contribution in [3.63, 3.8) is 0 Å². The number of nitrogens with zero attached hydrogens (tertiary/aromatic N) is 2. The van der Waals surface area contributed by atoms with Gasteiger partial charge in [-0.05, 0) is 71.3 Å². The number of thiazole rings is 1. The minimum absolute atomic E-state index is 0.0442. The molecule has 0 unspecified atom stereocenters. The number of aromatic nitrogens is 2. The van der Waals surface area contributed by atoms with Gasteiger partial charge < -0.3 is 15.0 Å². The maximum atomic E-state index is 14.3. The van der Waals surface area contributed by atoms with Crippen molar-refractivity contribution in [1.29, 1.82) is 5.41 Å². The number of benzene rings is 2. The molecule has 6 nitrogen and oxygen atoms in total. The number of methoxy groups -OCH3 is 1. The third-order valence-electron chi connectivity index (χ3n) is 6.88. The molecule has 2 heterocycles. The highest BCUT2D eigenvalue weighted by atomic mass is 32.1. The van der Waals surface area contributed by atoms with Crippen LogP contribution in [-0.4, -0.2) is 22.6 Å². The molecular formula is C28H24F4N4O2S. The van der Waals surface area contributed by atoms with Gasteiger partial charge in [0.1, 0.15) is 0 Å². The molecule has 1 saturated carbocycles. The molecule has 0 aliphatic heterocycles. The van der Waals surface area contributed by atoms with Crippen LogP contribution in [0.5, 0.6) is 5.75 Å². The molecule has 1 aliphatic rings.